The molecule has 1 atom stereocenters. The first-order valence-electron chi connectivity index (χ1n) is 7.53. The third-order valence-corrected chi connectivity index (χ3v) is 4.94. The summed E-state index contributed by atoms with van der Waals surface area (Å²) in [6, 6.07) is 5.08. The molecule has 0 spiro atoms. The summed E-state index contributed by atoms with van der Waals surface area (Å²) in [4.78, 5) is 3.98. The second-order valence-corrected chi connectivity index (χ2v) is 7.34. The van der Waals surface area contributed by atoms with Crippen LogP contribution in [0.15, 0.2) is 58.8 Å². The van der Waals surface area contributed by atoms with E-state index in [4.69, 9.17) is 4.42 Å². The van der Waals surface area contributed by atoms with Gasteiger partial charge in [-0.2, -0.15) is 5.10 Å². The maximum Gasteiger partial charge on any atom is 0.259 e. The lowest BCUT2D eigenvalue weighted by atomic mass is 10.2. The zero-order chi connectivity index (χ0) is 17.2. The fourth-order valence-corrected chi connectivity index (χ4v) is 3.24. The van der Waals surface area contributed by atoms with Crippen LogP contribution in [-0.2, 0) is 10.0 Å². The zero-order valence-electron chi connectivity index (χ0n) is 13.4. The molecule has 0 saturated heterocycles. The number of imidazole rings is 1. The quantitative estimate of drug-likeness (QED) is 0.702. The van der Waals surface area contributed by atoms with Gasteiger partial charge >= 0.3 is 0 Å². The van der Waals surface area contributed by atoms with E-state index in [0.29, 0.717) is 5.76 Å². The molecule has 0 fully saturated rings. The summed E-state index contributed by atoms with van der Waals surface area (Å²) in [5, 5.41) is 4.17. The topological polar surface area (TPSA) is 95.0 Å². The van der Waals surface area contributed by atoms with Crippen molar-refractivity contribution in [2.75, 3.05) is 6.54 Å². The largest absolute Gasteiger partial charge is 0.467 e. The van der Waals surface area contributed by atoms with Crippen LogP contribution in [0, 0.1) is 0 Å². The number of furan rings is 1. The molecule has 0 amide bonds. The molecule has 0 unspecified atom stereocenters. The summed E-state index contributed by atoms with van der Waals surface area (Å²) in [5.41, 5.74) is 0. The van der Waals surface area contributed by atoms with Crippen molar-refractivity contribution in [3.8, 4) is 0 Å². The third-order valence-electron chi connectivity index (χ3n) is 3.63. The van der Waals surface area contributed by atoms with Crippen molar-refractivity contribution < 1.29 is 12.8 Å². The first-order valence-corrected chi connectivity index (χ1v) is 9.01. The van der Waals surface area contributed by atoms with Crippen molar-refractivity contribution in [2.45, 2.75) is 31.0 Å². The van der Waals surface area contributed by atoms with E-state index in [1.807, 2.05) is 13.8 Å². The second kappa shape index (κ2) is 6.62. The van der Waals surface area contributed by atoms with Gasteiger partial charge in [-0.25, -0.2) is 18.1 Å². The number of sulfonamides is 1. The Morgan fingerprint density at radius 1 is 1.33 bits per heavy atom. The highest BCUT2D eigenvalue weighted by Crippen LogP contribution is 2.18. The number of nitrogens with zero attached hydrogens (tertiary/aromatic N) is 4. The first-order chi connectivity index (χ1) is 11.5. The molecular formula is C15H19N5O3S. The van der Waals surface area contributed by atoms with E-state index in [-0.39, 0.29) is 23.7 Å². The molecule has 0 saturated carbocycles. The van der Waals surface area contributed by atoms with E-state index in [1.165, 1.54) is 12.5 Å². The molecule has 3 heterocycles. The molecule has 0 aliphatic carbocycles. The number of hydrogen-bond acceptors (Lipinski definition) is 5. The maximum absolute atomic E-state index is 12.5. The Kier molecular flexibility index (Phi) is 4.54. The number of aromatic nitrogens is 4. The molecule has 9 heteroatoms. The van der Waals surface area contributed by atoms with Crippen LogP contribution in [0.5, 0.6) is 0 Å². The molecule has 3 aromatic heterocycles. The Labute approximate surface area is 140 Å². The molecule has 3 rings (SSSR count). The molecule has 1 N–H and O–H groups in total. The van der Waals surface area contributed by atoms with Crippen LogP contribution in [-0.4, -0.2) is 34.3 Å². The number of nitrogens with one attached hydrogen (secondary N) is 1. The van der Waals surface area contributed by atoms with Crippen LogP contribution in [0.2, 0.25) is 0 Å². The van der Waals surface area contributed by atoms with Gasteiger partial charge in [0.25, 0.3) is 10.0 Å². The molecule has 8 nitrogen and oxygen atoms in total. The summed E-state index contributed by atoms with van der Waals surface area (Å²) >= 11 is 0. The van der Waals surface area contributed by atoms with Gasteiger partial charge in [0.15, 0.2) is 5.03 Å². The molecular weight excluding hydrogens is 330 g/mol. The minimum atomic E-state index is -3.71. The van der Waals surface area contributed by atoms with E-state index in [2.05, 4.69) is 14.8 Å². The predicted molar refractivity (Wildman–Crippen MR) is 86.9 cm³/mol. The van der Waals surface area contributed by atoms with Gasteiger partial charge in [-0.3, -0.25) is 4.68 Å². The lowest BCUT2D eigenvalue weighted by Gasteiger charge is -2.15. The molecule has 24 heavy (non-hydrogen) atoms. The minimum Gasteiger partial charge on any atom is -0.467 e. The Morgan fingerprint density at radius 3 is 2.75 bits per heavy atom. The average Bonchev–Trinajstić information content (AvgIpc) is 3.30. The van der Waals surface area contributed by atoms with Crippen molar-refractivity contribution in [1.82, 2.24) is 24.1 Å². The van der Waals surface area contributed by atoms with Gasteiger partial charge in [0.05, 0.1) is 12.6 Å². The highest BCUT2D eigenvalue weighted by molar-refractivity contribution is 7.89. The Hall–Kier alpha value is -2.39. The van der Waals surface area contributed by atoms with Crippen LogP contribution in [0.25, 0.3) is 0 Å². The summed E-state index contributed by atoms with van der Waals surface area (Å²) in [6.07, 6.45) is 7.97. The van der Waals surface area contributed by atoms with Gasteiger partial charge in [0.2, 0.25) is 0 Å². The Bertz CT molecular complexity index is 832. The molecule has 0 bridgehead atoms. The van der Waals surface area contributed by atoms with Crippen molar-refractivity contribution in [2.24, 2.45) is 0 Å². The van der Waals surface area contributed by atoms with E-state index >= 15 is 0 Å². The van der Waals surface area contributed by atoms with Crippen molar-refractivity contribution in [3.63, 3.8) is 0 Å². The highest BCUT2D eigenvalue weighted by atomic mass is 32.2. The Morgan fingerprint density at radius 2 is 2.17 bits per heavy atom. The summed E-state index contributed by atoms with van der Waals surface area (Å²) < 4.78 is 36.3. The van der Waals surface area contributed by atoms with Gasteiger partial charge in [-0.1, -0.05) is 0 Å². The highest BCUT2D eigenvalue weighted by Gasteiger charge is 2.23. The first kappa shape index (κ1) is 16.5. The van der Waals surface area contributed by atoms with E-state index in [1.54, 1.807) is 46.1 Å². The van der Waals surface area contributed by atoms with Crippen LogP contribution < -0.4 is 4.72 Å². The SMILES string of the molecule is CC(C)n1cnc(S(=O)(=O)NC[C@H](c2ccco2)n2cccn2)c1. The van der Waals surface area contributed by atoms with Crippen LogP contribution in [0.4, 0.5) is 0 Å². The van der Waals surface area contributed by atoms with Crippen LogP contribution in [0.1, 0.15) is 31.7 Å². The summed E-state index contributed by atoms with van der Waals surface area (Å²) in [5.74, 6) is 0.620. The number of hydrogen-bond donors (Lipinski definition) is 1. The van der Waals surface area contributed by atoms with Gasteiger partial charge in [-0.05, 0) is 32.0 Å². The van der Waals surface area contributed by atoms with Crippen molar-refractivity contribution in [1.29, 1.82) is 0 Å². The summed E-state index contributed by atoms with van der Waals surface area (Å²) in [7, 11) is -3.71. The second-order valence-electron chi connectivity index (χ2n) is 5.62. The monoisotopic (exact) mass is 349 g/mol. The Balaban J connectivity index is 1.78. The smallest absolute Gasteiger partial charge is 0.259 e. The lowest BCUT2D eigenvalue weighted by Crippen LogP contribution is -2.31. The van der Waals surface area contributed by atoms with E-state index < -0.39 is 10.0 Å². The van der Waals surface area contributed by atoms with Gasteiger partial charge in [0, 0.05) is 31.2 Å². The average molecular weight is 349 g/mol. The van der Waals surface area contributed by atoms with E-state index in [9.17, 15) is 8.42 Å². The molecule has 128 valence electrons. The van der Waals surface area contributed by atoms with Gasteiger partial charge < -0.3 is 8.98 Å². The van der Waals surface area contributed by atoms with Gasteiger partial charge in [-0.15, -0.1) is 0 Å². The maximum atomic E-state index is 12.5. The normalized spacial score (nSPS) is 13.5. The van der Waals surface area contributed by atoms with Crippen molar-refractivity contribution >= 4 is 10.0 Å². The predicted octanol–water partition coefficient (Wildman–Crippen LogP) is 1.82. The minimum absolute atomic E-state index is 0.00476. The van der Waals surface area contributed by atoms with Crippen LogP contribution >= 0.6 is 0 Å². The van der Waals surface area contributed by atoms with Gasteiger partial charge in [0.1, 0.15) is 11.8 Å². The molecule has 0 aliphatic heterocycles. The van der Waals surface area contributed by atoms with Crippen molar-refractivity contribution in [3.05, 3.63) is 55.1 Å². The van der Waals surface area contributed by atoms with E-state index in [0.717, 1.165) is 0 Å². The fraction of sp³-hybridized carbons (Fsp3) is 0.333. The molecule has 3 aromatic rings. The number of rotatable bonds is 7. The lowest BCUT2D eigenvalue weighted by molar-refractivity contribution is 0.402. The molecule has 0 radical (unpaired) electrons. The fourth-order valence-electron chi connectivity index (χ4n) is 2.27. The molecule has 0 aromatic carbocycles. The summed E-state index contributed by atoms with van der Waals surface area (Å²) in [6.45, 7) is 4.01. The zero-order valence-corrected chi connectivity index (χ0v) is 14.2. The molecule has 0 aliphatic rings. The standard InChI is InChI=1S/C15H19N5O3S/c1-12(2)19-10-15(16-11-19)24(21,22)18-9-13(14-5-3-8-23-14)20-7-4-6-17-20/h3-8,10-13,18H,9H2,1-2H3/t13-/m1/s1. The third kappa shape index (κ3) is 3.41. The van der Waals surface area contributed by atoms with Crippen LogP contribution in [0.3, 0.4) is 0 Å².